The largest absolute Gasteiger partial charge is 0.341 e. The molecule has 0 unspecified atom stereocenters. The highest BCUT2D eigenvalue weighted by Crippen LogP contribution is 2.20. The van der Waals surface area contributed by atoms with Crippen molar-refractivity contribution in [1.82, 2.24) is 4.90 Å². The van der Waals surface area contributed by atoms with E-state index in [0.717, 1.165) is 29.5 Å². The van der Waals surface area contributed by atoms with Gasteiger partial charge in [0.2, 0.25) is 15.9 Å². The zero-order chi connectivity index (χ0) is 16.3. The van der Waals surface area contributed by atoms with Crippen molar-refractivity contribution in [3.05, 3.63) is 30.1 Å². The van der Waals surface area contributed by atoms with Crippen molar-refractivity contribution < 1.29 is 17.6 Å². The Kier molecular flexibility index (Phi) is 5.05. The lowest BCUT2D eigenvalue weighted by Crippen LogP contribution is -2.46. The molecule has 22 heavy (non-hydrogen) atoms. The van der Waals surface area contributed by atoms with Crippen LogP contribution in [0.25, 0.3) is 0 Å². The predicted molar refractivity (Wildman–Crippen MR) is 83.6 cm³/mol. The molecule has 0 radical (unpaired) electrons. The van der Waals surface area contributed by atoms with Crippen LogP contribution >= 0.6 is 0 Å². The van der Waals surface area contributed by atoms with Crippen LogP contribution in [0.4, 0.5) is 10.1 Å². The number of carbonyl (C=O) groups is 1. The monoisotopic (exact) mass is 328 g/mol. The highest BCUT2D eigenvalue weighted by molar-refractivity contribution is 7.92. The second kappa shape index (κ2) is 6.64. The van der Waals surface area contributed by atoms with Gasteiger partial charge in [0.15, 0.2) is 0 Å². The van der Waals surface area contributed by atoms with Gasteiger partial charge in [0.1, 0.15) is 12.4 Å². The predicted octanol–water partition coefficient (Wildman–Crippen LogP) is 1.85. The van der Waals surface area contributed by atoms with E-state index in [4.69, 9.17) is 0 Å². The van der Waals surface area contributed by atoms with E-state index in [9.17, 15) is 17.6 Å². The first-order valence-corrected chi connectivity index (χ1v) is 9.13. The number of hydrogen-bond donors (Lipinski definition) is 0. The van der Waals surface area contributed by atoms with Gasteiger partial charge in [-0.15, -0.1) is 0 Å². The summed E-state index contributed by atoms with van der Waals surface area (Å²) in [7, 11) is -3.66. The van der Waals surface area contributed by atoms with E-state index < -0.39 is 15.8 Å². The molecule has 1 aromatic rings. The summed E-state index contributed by atoms with van der Waals surface area (Å²) in [5.74, 6) is -0.370. The summed E-state index contributed by atoms with van der Waals surface area (Å²) in [4.78, 5) is 14.1. The van der Waals surface area contributed by atoms with Crippen molar-refractivity contribution in [2.75, 3.05) is 30.2 Å². The van der Waals surface area contributed by atoms with E-state index in [2.05, 4.69) is 6.92 Å². The molecule has 5 nitrogen and oxygen atoms in total. The Hall–Kier alpha value is -1.63. The van der Waals surface area contributed by atoms with Gasteiger partial charge in [0, 0.05) is 13.1 Å². The van der Waals surface area contributed by atoms with Crippen LogP contribution < -0.4 is 4.31 Å². The van der Waals surface area contributed by atoms with E-state index in [1.807, 2.05) is 0 Å². The number of rotatable bonds is 4. The second-order valence-corrected chi connectivity index (χ2v) is 7.74. The Balaban J connectivity index is 2.19. The molecule has 7 heteroatoms. The number of hydrogen-bond acceptors (Lipinski definition) is 3. The van der Waals surface area contributed by atoms with Gasteiger partial charge in [-0.3, -0.25) is 9.10 Å². The highest BCUT2D eigenvalue weighted by Gasteiger charge is 2.26. The third-order valence-corrected chi connectivity index (χ3v) is 4.93. The molecule has 1 heterocycles. The Labute approximate surface area is 130 Å². The van der Waals surface area contributed by atoms with Gasteiger partial charge in [-0.25, -0.2) is 12.8 Å². The van der Waals surface area contributed by atoms with Crippen LogP contribution in [0.2, 0.25) is 0 Å². The van der Waals surface area contributed by atoms with Gasteiger partial charge in [-0.1, -0.05) is 13.0 Å². The number of halogens is 1. The lowest BCUT2D eigenvalue weighted by molar-refractivity contribution is -0.131. The van der Waals surface area contributed by atoms with Gasteiger partial charge in [0.25, 0.3) is 0 Å². The van der Waals surface area contributed by atoms with Gasteiger partial charge in [0.05, 0.1) is 11.9 Å². The van der Waals surface area contributed by atoms with Crippen molar-refractivity contribution >= 4 is 21.6 Å². The van der Waals surface area contributed by atoms with E-state index in [0.29, 0.717) is 19.0 Å². The van der Waals surface area contributed by atoms with E-state index >= 15 is 0 Å². The molecule has 2 rings (SSSR count). The van der Waals surface area contributed by atoms with E-state index in [-0.39, 0.29) is 18.1 Å². The standard InChI is InChI=1S/C15H21FN2O3S/c1-12-5-4-8-17(10-12)15(19)11-18(22(2,20)21)14-7-3-6-13(16)9-14/h3,6-7,9,12H,4-5,8,10-11H2,1-2H3/t12-/m1/s1. The van der Waals surface area contributed by atoms with Gasteiger partial charge >= 0.3 is 0 Å². The van der Waals surface area contributed by atoms with Gasteiger partial charge in [-0.05, 0) is 37.0 Å². The lowest BCUT2D eigenvalue weighted by Gasteiger charge is -2.33. The number of benzene rings is 1. The van der Waals surface area contributed by atoms with Crippen LogP contribution in [0, 0.1) is 11.7 Å². The number of sulfonamides is 1. The molecule has 0 bridgehead atoms. The molecule has 1 fully saturated rings. The SMILES string of the molecule is C[C@@H]1CCCN(C(=O)CN(c2cccc(F)c2)S(C)(=O)=O)C1. The van der Waals surface area contributed by atoms with Crippen LogP contribution in [0.15, 0.2) is 24.3 Å². The number of amides is 1. The number of likely N-dealkylation sites (tertiary alicyclic amines) is 1. The van der Waals surface area contributed by atoms with Crippen LogP contribution in [0.5, 0.6) is 0 Å². The molecule has 0 spiro atoms. The normalized spacial score (nSPS) is 19.0. The summed E-state index contributed by atoms with van der Waals surface area (Å²) in [6.07, 6.45) is 3.01. The van der Waals surface area contributed by atoms with Crippen molar-refractivity contribution in [2.45, 2.75) is 19.8 Å². The quantitative estimate of drug-likeness (QED) is 0.847. The summed E-state index contributed by atoms with van der Waals surface area (Å²) in [5, 5.41) is 0. The maximum atomic E-state index is 13.3. The van der Waals surface area contributed by atoms with E-state index in [1.54, 1.807) is 4.90 Å². The first-order chi connectivity index (χ1) is 10.3. The van der Waals surface area contributed by atoms with Crippen molar-refractivity contribution in [3.8, 4) is 0 Å². The number of carbonyl (C=O) groups excluding carboxylic acids is 1. The maximum Gasteiger partial charge on any atom is 0.243 e. The minimum absolute atomic E-state index is 0.168. The Morgan fingerprint density at radius 1 is 1.45 bits per heavy atom. The van der Waals surface area contributed by atoms with Crippen LogP contribution in [-0.4, -0.2) is 45.1 Å². The first-order valence-electron chi connectivity index (χ1n) is 7.28. The third-order valence-electron chi connectivity index (χ3n) is 3.79. The summed E-state index contributed by atoms with van der Waals surface area (Å²) >= 11 is 0. The molecule has 0 aromatic heterocycles. The summed E-state index contributed by atoms with van der Waals surface area (Å²) < 4.78 is 38.2. The summed E-state index contributed by atoms with van der Waals surface area (Å²) in [5.41, 5.74) is 0.168. The molecule has 0 aliphatic carbocycles. The molecule has 1 amide bonds. The third kappa shape index (κ3) is 4.19. The molecular weight excluding hydrogens is 307 g/mol. The molecule has 1 aliphatic rings. The van der Waals surface area contributed by atoms with Crippen LogP contribution in [-0.2, 0) is 14.8 Å². The molecule has 0 N–H and O–H groups in total. The molecule has 122 valence electrons. The molecular formula is C15H21FN2O3S. The van der Waals surface area contributed by atoms with Crippen molar-refractivity contribution in [1.29, 1.82) is 0 Å². The Bertz CT molecular complexity index is 648. The average molecular weight is 328 g/mol. The van der Waals surface area contributed by atoms with Gasteiger partial charge in [-0.2, -0.15) is 0 Å². The molecule has 1 atom stereocenters. The number of piperidine rings is 1. The van der Waals surface area contributed by atoms with Crippen molar-refractivity contribution in [2.24, 2.45) is 5.92 Å². The second-order valence-electron chi connectivity index (χ2n) is 5.84. The highest BCUT2D eigenvalue weighted by atomic mass is 32.2. The zero-order valence-corrected chi connectivity index (χ0v) is 13.6. The smallest absolute Gasteiger partial charge is 0.243 e. The first kappa shape index (κ1) is 16.7. The zero-order valence-electron chi connectivity index (χ0n) is 12.8. The summed E-state index contributed by atoms with van der Waals surface area (Å²) in [6.45, 7) is 3.05. The minimum Gasteiger partial charge on any atom is -0.341 e. The topological polar surface area (TPSA) is 57.7 Å². The molecule has 1 aromatic carbocycles. The minimum atomic E-state index is -3.66. The fourth-order valence-electron chi connectivity index (χ4n) is 2.67. The number of anilines is 1. The van der Waals surface area contributed by atoms with E-state index in [1.165, 1.54) is 18.2 Å². The molecule has 1 aliphatic heterocycles. The fraction of sp³-hybridized carbons (Fsp3) is 0.533. The Morgan fingerprint density at radius 2 is 2.18 bits per heavy atom. The van der Waals surface area contributed by atoms with Crippen LogP contribution in [0.3, 0.4) is 0 Å². The molecule has 0 saturated carbocycles. The maximum absolute atomic E-state index is 13.3. The van der Waals surface area contributed by atoms with Crippen LogP contribution in [0.1, 0.15) is 19.8 Å². The lowest BCUT2D eigenvalue weighted by atomic mass is 10.0. The molecule has 1 saturated heterocycles. The average Bonchev–Trinajstić information content (AvgIpc) is 2.43. The van der Waals surface area contributed by atoms with Gasteiger partial charge < -0.3 is 4.90 Å². The number of nitrogens with zero attached hydrogens (tertiary/aromatic N) is 2. The Morgan fingerprint density at radius 3 is 2.77 bits per heavy atom. The fourth-order valence-corrected chi connectivity index (χ4v) is 3.51. The summed E-state index contributed by atoms with van der Waals surface area (Å²) in [6, 6.07) is 5.26. The van der Waals surface area contributed by atoms with Crippen molar-refractivity contribution in [3.63, 3.8) is 0 Å².